The molecule has 3 saturated heterocycles. The van der Waals surface area contributed by atoms with Gasteiger partial charge < -0.3 is 23.7 Å². The van der Waals surface area contributed by atoms with E-state index in [1.54, 1.807) is 0 Å². The molecular weight excluding hydrogens is 584 g/mol. The lowest BCUT2D eigenvalue weighted by atomic mass is 9.67. The van der Waals surface area contributed by atoms with Gasteiger partial charge in [0.1, 0.15) is 17.6 Å². The second-order valence-electron chi connectivity index (χ2n) is 16.3. The molecule has 0 amide bonds. The van der Waals surface area contributed by atoms with Crippen LogP contribution >= 0.6 is 0 Å². The summed E-state index contributed by atoms with van der Waals surface area (Å²) in [7, 11) is 0. The molecule has 5 aromatic rings. The van der Waals surface area contributed by atoms with Crippen LogP contribution in [0.2, 0.25) is 0 Å². The van der Waals surface area contributed by atoms with Crippen molar-refractivity contribution in [2.75, 3.05) is 46.2 Å². The number of rotatable bonds is 8. The van der Waals surface area contributed by atoms with Crippen molar-refractivity contribution in [2.45, 2.75) is 53.1 Å². The number of benzene rings is 5. The van der Waals surface area contributed by atoms with Crippen molar-refractivity contribution < 1.29 is 23.7 Å². The van der Waals surface area contributed by atoms with Gasteiger partial charge in [0.25, 0.3) is 0 Å². The van der Waals surface area contributed by atoms with Crippen LogP contribution in [0.25, 0.3) is 43.4 Å². The van der Waals surface area contributed by atoms with E-state index in [1.165, 1.54) is 21.9 Å². The van der Waals surface area contributed by atoms with Crippen molar-refractivity contribution in [3.05, 3.63) is 84.4 Å². The van der Waals surface area contributed by atoms with Crippen molar-refractivity contribution in [1.29, 1.82) is 0 Å². The van der Waals surface area contributed by atoms with E-state index < -0.39 is 0 Å². The molecule has 5 aromatic carbocycles. The molecule has 8 rings (SSSR count). The Morgan fingerprint density at radius 2 is 1.23 bits per heavy atom. The maximum atomic E-state index is 7.46. The van der Waals surface area contributed by atoms with Crippen LogP contribution in [0.15, 0.2) is 78.9 Å². The fourth-order valence-electron chi connectivity index (χ4n) is 7.99. The quantitative estimate of drug-likeness (QED) is 0.160. The molecule has 5 nitrogen and oxygen atoms in total. The Kier molecular flexibility index (Phi) is 7.15. The Balaban J connectivity index is 1.42. The van der Waals surface area contributed by atoms with E-state index in [2.05, 4.69) is 120 Å². The van der Waals surface area contributed by atoms with Crippen LogP contribution in [0.1, 0.15) is 47.1 Å². The van der Waals surface area contributed by atoms with Crippen LogP contribution in [0.3, 0.4) is 0 Å². The summed E-state index contributed by atoms with van der Waals surface area (Å²) < 4.78 is 31.6. The van der Waals surface area contributed by atoms with Crippen molar-refractivity contribution in [3.8, 4) is 22.6 Å². The standard InChI is InChI=1S/C42H46O5/c1-39(2,3)33-17-11-16-31-34(29-14-9-10-15-30(29)37(35(31)33)46-22-40(4)20-43-21-40)32-19-18-27-12-7-8-13-28(27)36(32)47-38(41(5)23-44-24-41)42(6)25-45-26-42/h7-19,38H,20-26H2,1-6H3. The van der Waals surface area contributed by atoms with Crippen LogP contribution in [0.4, 0.5) is 0 Å². The minimum Gasteiger partial charge on any atom is -0.492 e. The Labute approximate surface area is 278 Å². The Bertz CT molecular complexity index is 1970. The summed E-state index contributed by atoms with van der Waals surface area (Å²) in [4.78, 5) is 0. The topological polar surface area (TPSA) is 46.2 Å². The summed E-state index contributed by atoms with van der Waals surface area (Å²) in [6.45, 7) is 18.5. The van der Waals surface area contributed by atoms with Gasteiger partial charge in [-0.3, -0.25) is 0 Å². The van der Waals surface area contributed by atoms with Gasteiger partial charge in [-0.25, -0.2) is 0 Å². The number of ether oxygens (including phenoxy) is 5. The van der Waals surface area contributed by atoms with E-state index in [1.807, 2.05) is 0 Å². The number of hydrogen-bond donors (Lipinski definition) is 0. The van der Waals surface area contributed by atoms with Gasteiger partial charge in [0.05, 0.1) is 57.1 Å². The fraction of sp³-hybridized carbons (Fsp3) is 0.429. The zero-order chi connectivity index (χ0) is 32.6. The zero-order valence-corrected chi connectivity index (χ0v) is 28.6. The normalized spacial score (nSPS) is 19.7. The van der Waals surface area contributed by atoms with E-state index in [0.717, 1.165) is 51.8 Å². The summed E-state index contributed by atoms with van der Waals surface area (Å²) in [5, 5.41) is 6.90. The summed E-state index contributed by atoms with van der Waals surface area (Å²) in [5.74, 6) is 1.88. The second kappa shape index (κ2) is 10.9. The van der Waals surface area contributed by atoms with Gasteiger partial charge >= 0.3 is 0 Å². The van der Waals surface area contributed by atoms with E-state index in [9.17, 15) is 0 Å². The predicted molar refractivity (Wildman–Crippen MR) is 190 cm³/mol. The van der Waals surface area contributed by atoms with Crippen LogP contribution in [0, 0.1) is 16.2 Å². The van der Waals surface area contributed by atoms with Gasteiger partial charge in [-0.2, -0.15) is 0 Å². The van der Waals surface area contributed by atoms with Crippen LogP contribution in [-0.4, -0.2) is 52.4 Å². The summed E-state index contributed by atoms with van der Waals surface area (Å²) >= 11 is 0. The first kappa shape index (κ1) is 30.7. The average molecular weight is 631 g/mol. The molecule has 0 spiro atoms. The zero-order valence-electron chi connectivity index (χ0n) is 28.6. The molecule has 0 bridgehead atoms. The number of fused-ring (bicyclic) bond motifs is 3. The van der Waals surface area contributed by atoms with E-state index in [0.29, 0.717) is 33.0 Å². The second-order valence-corrected chi connectivity index (χ2v) is 16.3. The highest BCUT2D eigenvalue weighted by Gasteiger charge is 2.55. The first-order valence-corrected chi connectivity index (χ1v) is 17.0. The van der Waals surface area contributed by atoms with Gasteiger partial charge in [-0.15, -0.1) is 0 Å². The van der Waals surface area contributed by atoms with Gasteiger partial charge in [-0.05, 0) is 33.2 Å². The minimum atomic E-state index is -0.105. The molecule has 0 aliphatic carbocycles. The van der Waals surface area contributed by atoms with Crippen LogP contribution < -0.4 is 9.47 Å². The van der Waals surface area contributed by atoms with Crippen molar-refractivity contribution in [2.24, 2.45) is 16.2 Å². The molecule has 0 aromatic heterocycles. The first-order valence-electron chi connectivity index (χ1n) is 17.0. The molecule has 47 heavy (non-hydrogen) atoms. The van der Waals surface area contributed by atoms with Crippen molar-refractivity contribution >= 4 is 32.3 Å². The molecule has 3 aliphatic heterocycles. The Hall–Kier alpha value is -3.64. The molecule has 3 fully saturated rings. The maximum absolute atomic E-state index is 7.46. The third kappa shape index (κ3) is 5.01. The van der Waals surface area contributed by atoms with Crippen LogP contribution in [0.5, 0.6) is 11.5 Å². The molecule has 3 heterocycles. The van der Waals surface area contributed by atoms with Crippen molar-refractivity contribution in [1.82, 2.24) is 0 Å². The fourth-order valence-corrected chi connectivity index (χ4v) is 7.99. The molecule has 244 valence electrons. The lowest BCUT2D eigenvalue weighted by molar-refractivity contribution is -0.236. The van der Waals surface area contributed by atoms with E-state index >= 15 is 0 Å². The summed E-state index contributed by atoms with van der Waals surface area (Å²) in [6, 6.07) is 28.6. The highest BCUT2D eigenvalue weighted by molar-refractivity contribution is 6.19. The molecule has 3 aliphatic rings. The Morgan fingerprint density at radius 3 is 1.83 bits per heavy atom. The van der Waals surface area contributed by atoms with Gasteiger partial charge in [0.15, 0.2) is 0 Å². The SMILES string of the molecule is CC1(COc2c3ccccc3c(-c3ccc4ccccc4c3OC(C3(C)COC3)C3(C)COC3)c3cccc(C(C)(C)C)c23)COC1. The Morgan fingerprint density at radius 1 is 0.638 bits per heavy atom. The molecule has 0 radical (unpaired) electrons. The first-order chi connectivity index (χ1) is 22.5. The van der Waals surface area contributed by atoms with E-state index in [-0.39, 0.29) is 27.8 Å². The third-order valence-corrected chi connectivity index (χ3v) is 10.7. The van der Waals surface area contributed by atoms with Gasteiger partial charge in [0, 0.05) is 32.7 Å². The lowest BCUT2D eigenvalue weighted by Crippen LogP contribution is -2.63. The highest BCUT2D eigenvalue weighted by Crippen LogP contribution is 2.52. The molecule has 0 saturated carbocycles. The molecule has 0 unspecified atom stereocenters. The van der Waals surface area contributed by atoms with Crippen LogP contribution in [-0.2, 0) is 19.6 Å². The molecule has 0 N–H and O–H groups in total. The summed E-state index contributed by atoms with van der Waals surface area (Å²) in [5.41, 5.74) is 3.25. The smallest absolute Gasteiger partial charge is 0.135 e. The molecular formula is C42H46O5. The third-order valence-electron chi connectivity index (χ3n) is 10.7. The van der Waals surface area contributed by atoms with E-state index in [4.69, 9.17) is 23.7 Å². The largest absolute Gasteiger partial charge is 0.492 e. The van der Waals surface area contributed by atoms with Gasteiger partial charge in [0.2, 0.25) is 0 Å². The minimum absolute atomic E-state index is 0.0137. The highest BCUT2D eigenvalue weighted by atomic mass is 16.5. The maximum Gasteiger partial charge on any atom is 0.135 e. The van der Waals surface area contributed by atoms with Crippen molar-refractivity contribution in [3.63, 3.8) is 0 Å². The molecule has 0 atom stereocenters. The molecule has 5 heteroatoms. The monoisotopic (exact) mass is 630 g/mol. The average Bonchev–Trinajstić information content (AvgIpc) is 3.02. The van der Waals surface area contributed by atoms with Gasteiger partial charge in [-0.1, -0.05) is 114 Å². The predicted octanol–water partition coefficient (Wildman–Crippen LogP) is 9.35. The summed E-state index contributed by atoms with van der Waals surface area (Å²) in [6.07, 6.45) is -0.0715. The lowest BCUT2D eigenvalue weighted by Gasteiger charge is -2.54. The number of hydrogen-bond acceptors (Lipinski definition) is 5.